The molecule has 0 aliphatic rings. The normalized spacial score (nSPS) is 12.1. The van der Waals surface area contributed by atoms with Crippen molar-refractivity contribution >= 4 is 0 Å². The third-order valence-corrected chi connectivity index (χ3v) is 2.88. The molecule has 2 rings (SSSR count). The Balaban J connectivity index is 1.94. The van der Waals surface area contributed by atoms with E-state index >= 15 is 0 Å². The van der Waals surface area contributed by atoms with Crippen LogP contribution in [0.2, 0.25) is 0 Å². The Kier molecular flexibility index (Phi) is 4.36. The van der Waals surface area contributed by atoms with Gasteiger partial charge < -0.3 is 15.0 Å². The van der Waals surface area contributed by atoms with E-state index in [0.717, 1.165) is 11.3 Å². The first-order valence-corrected chi connectivity index (χ1v) is 6.30. The second-order valence-electron chi connectivity index (χ2n) is 4.44. The first-order valence-electron chi connectivity index (χ1n) is 6.30. The summed E-state index contributed by atoms with van der Waals surface area (Å²) >= 11 is 0. The zero-order valence-corrected chi connectivity index (χ0v) is 11.0. The summed E-state index contributed by atoms with van der Waals surface area (Å²) in [5.41, 5.74) is 6.84. The van der Waals surface area contributed by atoms with Crippen molar-refractivity contribution in [2.75, 3.05) is 6.61 Å². The standard InChI is InChI=1S/C15H18N2O2/c1-12(16)13-5-4-6-14(11-13)19-10-9-17-8-3-2-7-15(17)18/h2-8,11-12H,9-10,16H2,1H3/t12-/m1/s1. The summed E-state index contributed by atoms with van der Waals surface area (Å²) in [5.74, 6) is 0.777. The summed E-state index contributed by atoms with van der Waals surface area (Å²) in [4.78, 5) is 11.5. The molecular weight excluding hydrogens is 240 g/mol. The number of hydrogen-bond acceptors (Lipinski definition) is 3. The zero-order valence-electron chi connectivity index (χ0n) is 11.0. The number of pyridine rings is 1. The van der Waals surface area contributed by atoms with E-state index in [1.54, 1.807) is 16.8 Å². The molecule has 1 heterocycles. The van der Waals surface area contributed by atoms with Gasteiger partial charge in [-0.1, -0.05) is 18.2 Å². The maximum Gasteiger partial charge on any atom is 0.250 e. The third-order valence-electron chi connectivity index (χ3n) is 2.88. The van der Waals surface area contributed by atoms with Gasteiger partial charge in [-0.2, -0.15) is 0 Å². The summed E-state index contributed by atoms with van der Waals surface area (Å²) in [6.45, 7) is 2.91. The van der Waals surface area contributed by atoms with Gasteiger partial charge in [-0.25, -0.2) is 0 Å². The van der Waals surface area contributed by atoms with E-state index in [2.05, 4.69) is 0 Å². The number of nitrogens with zero attached hydrogens (tertiary/aromatic N) is 1. The van der Waals surface area contributed by atoms with Crippen molar-refractivity contribution in [2.24, 2.45) is 5.73 Å². The highest BCUT2D eigenvalue weighted by Gasteiger charge is 2.01. The van der Waals surface area contributed by atoms with Gasteiger partial charge in [0.05, 0.1) is 6.54 Å². The van der Waals surface area contributed by atoms with E-state index in [4.69, 9.17) is 10.5 Å². The van der Waals surface area contributed by atoms with E-state index in [0.29, 0.717) is 13.2 Å². The smallest absolute Gasteiger partial charge is 0.250 e. The fraction of sp³-hybridized carbons (Fsp3) is 0.267. The molecule has 1 aromatic carbocycles. The number of ether oxygens (including phenoxy) is 1. The topological polar surface area (TPSA) is 57.2 Å². The second-order valence-corrected chi connectivity index (χ2v) is 4.44. The molecule has 0 fully saturated rings. The van der Waals surface area contributed by atoms with E-state index in [-0.39, 0.29) is 11.6 Å². The number of nitrogens with two attached hydrogens (primary N) is 1. The summed E-state index contributed by atoms with van der Waals surface area (Å²) in [6, 6.07) is 12.8. The van der Waals surface area contributed by atoms with E-state index in [1.165, 1.54) is 6.07 Å². The highest BCUT2D eigenvalue weighted by atomic mass is 16.5. The molecule has 100 valence electrons. The lowest BCUT2D eigenvalue weighted by atomic mass is 10.1. The van der Waals surface area contributed by atoms with Crippen molar-refractivity contribution in [1.29, 1.82) is 0 Å². The van der Waals surface area contributed by atoms with Crippen LogP contribution in [0.3, 0.4) is 0 Å². The number of benzene rings is 1. The lowest BCUT2D eigenvalue weighted by molar-refractivity contribution is 0.296. The summed E-state index contributed by atoms with van der Waals surface area (Å²) in [5, 5.41) is 0. The van der Waals surface area contributed by atoms with Gasteiger partial charge in [0.1, 0.15) is 12.4 Å². The molecule has 0 saturated heterocycles. The minimum atomic E-state index is -0.0181. The van der Waals surface area contributed by atoms with Crippen LogP contribution < -0.4 is 16.0 Å². The van der Waals surface area contributed by atoms with Gasteiger partial charge in [-0.05, 0) is 30.7 Å². The largest absolute Gasteiger partial charge is 0.492 e. The van der Waals surface area contributed by atoms with Crippen LogP contribution in [0.1, 0.15) is 18.5 Å². The van der Waals surface area contributed by atoms with Gasteiger partial charge in [-0.3, -0.25) is 4.79 Å². The monoisotopic (exact) mass is 258 g/mol. The molecular formula is C15H18N2O2. The third kappa shape index (κ3) is 3.69. The minimum Gasteiger partial charge on any atom is -0.492 e. The SMILES string of the molecule is C[C@@H](N)c1cccc(OCCn2ccccc2=O)c1. The lowest BCUT2D eigenvalue weighted by Crippen LogP contribution is -2.21. The average Bonchev–Trinajstić information content (AvgIpc) is 2.41. The van der Waals surface area contributed by atoms with Gasteiger partial charge >= 0.3 is 0 Å². The average molecular weight is 258 g/mol. The highest BCUT2D eigenvalue weighted by Crippen LogP contribution is 2.17. The lowest BCUT2D eigenvalue weighted by Gasteiger charge is -2.10. The Hall–Kier alpha value is -2.07. The van der Waals surface area contributed by atoms with E-state index in [1.807, 2.05) is 37.3 Å². The summed E-state index contributed by atoms with van der Waals surface area (Å²) in [7, 11) is 0. The molecule has 0 bridgehead atoms. The van der Waals surface area contributed by atoms with Crippen LogP contribution in [0.15, 0.2) is 53.5 Å². The van der Waals surface area contributed by atoms with Crippen LogP contribution in [-0.4, -0.2) is 11.2 Å². The summed E-state index contributed by atoms with van der Waals surface area (Å²) < 4.78 is 7.26. The fourth-order valence-corrected chi connectivity index (χ4v) is 1.79. The molecule has 4 heteroatoms. The van der Waals surface area contributed by atoms with Crippen molar-refractivity contribution in [2.45, 2.75) is 19.5 Å². The molecule has 4 nitrogen and oxygen atoms in total. The van der Waals surface area contributed by atoms with Crippen LogP contribution in [0.25, 0.3) is 0 Å². The Morgan fingerprint density at radius 1 is 1.26 bits per heavy atom. The molecule has 0 aliphatic carbocycles. The molecule has 0 spiro atoms. The van der Waals surface area contributed by atoms with Crippen LogP contribution >= 0.6 is 0 Å². The predicted molar refractivity (Wildman–Crippen MR) is 75.2 cm³/mol. The number of hydrogen-bond donors (Lipinski definition) is 1. The highest BCUT2D eigenvalue weighted by molar-refractivity contribution is 5.30. The van der Waals surface area contributed by atoms with Crippen molar-refractivity contribution in [3.05, 3.63) is 64.6 Å². The van der Waals surface area contributed by atoms with Crippen LogP contribution in [0.4, 0.5) is 0 Å². The first-order chi connectivity index (χ1) is 9.16. The van der Waals surface area contributed by atoms with E-state index < -0.39 is 0 Å². The first kappa shape index (κ1) is 13.4. The van der Waals surface area contributed by atoms with Crippen molar-refractivity contribution in [1.82, 2.24) is 4.57 Å². The van der Waals surface area contributed by atoms with Crippen molar-refractivity contribution in [3.63, 3.8) is 0 Å². The fourth-order valence-electron chi connectivity index (χ4n) is 1.79. The second kappa shape index (κ2) is 6.20. The van der Waals surface area contributed by atoms with Crippen molar-refractivity contribution < 1.29 is 4.74 Å². The maximum atomic E-state index is 11.5. The van der Waals surface area contributed by atoms with E-state index in [9.17, 15) is 4.79 Å². The molecule has 1 atom stereocenters. The molecule has 1 aromatic heterocycles. The molecule has 0 unspecified atom stereocenters. The Morgan fingerprint density at radius 2 is 2.11 bits per heavy atom. The maximum absolute atomic E-state index is 11.5. The van der Waals surface area contributed by atoms with Gasteiger partial charge in [0.15, 0.2) is 0 Å². The molecule has 0 saturated carbocycles. The molecule has 0 aliphatic heterocycles. The van der Waals surface area contributed by atoms with Crippen molar-refractivity contribution in [3.8, 4) is 5.75 Å². The molecule has 0 amide bonds. The Labute approximate surface area is 112 Å². The minimum absolute atomic E-state index is 0.0136. The molecule has 19 heavy (non-hydrogen) atoms. The van der Waals surface area contributed by atoms with Gasteiger partial charge in [0, 0.05) is 18.3 Å². The molecule has 2 N–H and O–H groups in total. The van der Waals surface area contributed by atoms with Gasteiger partial charge in [0.2, 0.25) is 0 Å². The molecule has 0 radical (unpaired) electrons. The van der Waals surface area contributed by atoms with Gasteiger partial charge in [0.25, 0.3) is 5.56 Å². The van der Waals surface area contributed by atoms with Crippen LogP contribution in [0.5, 0.6) is 5.75 Å². The summed E-state index contributed by atoms with van der Waals surface area (Å²) in [6.07, 6.45) is 1.75. The Morgan fingerprint density at radius 3 is 2.84 bits per heavy atom. The quantitative estimate of drug-likeness (QED) is 0.891. The predicted octanol–water partition coefficient (Wildman–Crippen LogP) is 1.95. The van der Waals surface area contributed by atoms with Gasteiger partial charge in [-0.15, -0.1) is 0 Å². The number of rotatable bonds is 5. The molecule has 2 aromatic rings. The number of aromatic nitrogens is 1. The zero-order chi connectivity index (χ0) is 13.7. The van der Waals surface area contributed by atoms with Crippen LogP contribution in [-0.2, 0) is 6.54 Å². The van der Waals surface area contributed by atoms with Crippen LogP contribution in [0, 0.1) is 0 Å². The Bertz CT molecular complexity index is 590.